The van der Waals surface area contributed by atoms with Crippen molar-refractivity contribution in [2.24, 2.45) is 0 Å². The van der Waals surface area contributed by atoms with E-state index >= 15 is 0 Å². The van der Waals surface area contributed by atoms with Gasteiger partial charge in [-0.05, 0) is 6.92 Å². The van der Waals surface area contributed by atoms with Gasteiger partial charge in [0.25, 0.3) is 0 Å². The molecular formula is C8H8Cl2N4. The van der Waals surface area contributed by atoms with Gasteiger partial charge in [0.1, 0.15) is 11.6 Å². The van der Waals surface area contributed by atoms with E-state index < -0.39 is 0 Å². The highest BCUT2D eigenvalue weighted by molar-refractivity contribution is 6.35. The summed E-state index contributed by atoms with van der Waals surface area (Å²) < 4.78 is 0. The monoisotopic (exact) mass is 230 g/mol. The van der Waals surface area contributed by atoms with Gasteiger partial charge in [-0.3, -0.25) is 0 Å². The number of hydrogen-bond donors (Lipinski definition) is 0. The van der Waals surface area contributed by atoms with Gasteiger partial charge in [0.05, 0.1) is 0 Å². The first-order valence-electron chi connectivity index (χ1n) is 3.94. The second-order valence-corrected chi connectivity index (χ2v) is 3.32. The molecule has 0 atom stereocenters. The summed E-state index contributed by atoms with van der Waals surface area (Å²) in [5.41, 5.74) is 0.113. The van der Waals surface area contributed by atoms with E-state index in [-0.39, 0.29) is 15.9 Å². The number of halogens is 2. The van der Waals surface area contributed by atoms with Gasteiger partial charge in [-0.25, -0.2) is 0 Å². The molecule has 0 saturated heterocycles. The minimum Gasteiger partial charge on any atom is -0.344 e. The molecule has 1 aromatic rings. The molecule has 0 spiro atoms. The molecule has 0 saturated carbocycles. The van der Waals surface area contributed by atoms with Gasteiger partial charge in [-0.15, -0.1) is 0 Å². The summed E-state index contributed by atoms with van der Waals surface area (Å²) in [4.78, 5) is 9.67. The summed E-state index contributed by atoms with van der Waals surface area (Å²) in [6, 6.07) is 1.84. The first-order chi connectivity index (χ1) is 6.60. The van der Waals surface area contributed by atoms with Crippen LogP contribution in [0.15, 0.2) is 0 Å². The smallest absolute Gasteiger partial charge is 0.228 e. The molecule has 0 amide bonds. The Balaban J connectivity index is 3.22. The fraction of sp³-hybridized carbons (Fsp3) is 0.375. The lowest BCUT2D eigenvalue weighted by Gasteiger charge is -2.14. The Morgan fingerprint density at radius 3 is 2.21 bits per heavy atom. The van der Waals surface area contributed by atoms with Crippen molar-refractivity contribution in [2.45, 2.75) is 6.92 Å². The third-order valence-electron chi connectivity index (χ3n) is 1.74. The third kappa shape index (κ3) is 2.06. The molecule has 0 aromatic carbocycles. The maximum atomic E-state index is 8.67. The van der Waals surface area contributed by atoms with Crippen molar-refractivity contribution in [1.82, 2.24) is 9.97 Å². The van der Waals surface area contributed by atoms with Gasteiger partial charge in [-0.1, -0.05) is 23.2 Å². The standard InChI is InChI=1S/C8H8Cl2N4/c1-3-14(2)8-12-6(9)5(4-11)7(10)13-8/h3H2,1-2H3. The molecule has 0 fully saturated rings. The molecule has 74 valence electrons. The Bertz CT molecular complexity index is 362. The van der Waals surface area contributed by atoms with E-state index in [9.17, 15) is 0 Å². The zero-order valence-electron chi connectivity index (χ0n) is 7.75. The Hall–Kier alpha value is -1.05. The maximum absolute atomic E-state index is 8.67. The molecule has 0 aliphatic heterocycles. The fourth-order valence-electron chi connectivity index (χ4n) is 0.802. The molecule has 0 bridgehead atoms. The highest BCUT2D eigenvalue weighted by Gasteiger charge is 2.12. The molecule has 1 aromatic heterocycles. The largest absolute Gasteiger partial charge is 0.344 e. The highest BCUT2D eigenvalue weighted by Crippen LogP contribution is 2.22. The van der Waals surface area contributed by atoms with Crippen LogP contribution in [0.4, 0.5) is 5.95 Å². The molecule has 1 heterocycles. The average molecular weight is 231 g/mol. The maximum Gasteiger partial charge on any atom is 0.228 e. The number of rotatable bonds is 2. The number of nitrogens with zero attached hydrogens (tertiary/aromatic N) is 4. The van der Waals surface area contributed by atoms with Crippen LogP contribution in [0.25, 0.3) is 0 Å². The average Bonchev–Trinajstić information content (AvgIpc) is 2.16. The van der Waals surface area contributed by atoms with E-state index in [1.165, 1.54) is 0 Å². The third-order valence-corrected chi connectivity index (χ3v) is 2.28. The van der Waals surface area contributed by atoms with Gasteiger partial charge >= 0.3 is 0 Å². The Labute approximate surface area is 92.1 Å². The lowest BCUT2D eigenvalue weighted by atomic mass is 10.4. The van der Waals surface area contributed by atoms with E-state index in [4.69, 9.17) is 28.5 Å². The van der Waals surface area contributed by atoms with Crippen molar-refractivity contribution in [3.63, 3.8) is 0 Å². The minimum absolute atomic E-state index is 0.0859. The first kappa shape index (κ1) is 11.0. The Kier molecular flexibility index (Phi) is 3.50. The summed E-state index contributed by atoms with van der Waals surface area (Å²) in [6.07, 6.45) is 0. The van der Waals surface area contributed by atoms with Crippen LogP contribution in [0.1, 0.15) is 12.5 Å². The number of nitriles is 1. The minimum atomic E-state index is 0.0859. The van der Waals surface area contributed by atoms with E-state index in [0.29, 0.717) is 5.95 Å². The second kappa shape index (κ2) is 4.45. The fourth-order valence-corrected chi connectivity index (χ4v) is 1.26. The van der Waals surface area contributed by atoms with Crippen LogP contribution in [-0.4, -0.2) is 23.6 Å². The topological polar surface area (TPSA) is 52.8 Å². The highest BCUT2D eigenvalue weighted by atomic mass is 35.5. The number of hydrogen-bond acceptors (Lipinski definition) is 4. The summed E-state index contributed by atoms with van der Waals surface area (Å²) >= 11 is 11.5. The molecule has 0 radical (unpaired) electrons. The van der Waals surface area contributed by atoms with Crippen LogP contribution in [0.5, 0.6) is 0 Å². The quantitative estimate of drug-likeness (QED) is 0.731. The van der Waals surface area contributed by atoms with Gasteiger partial charge < -0.3 is 4.90 Å². The molecule has 0 unspecified atom stereocenters. The van der Waals surface area contributed by atoms with Gasteiger partial charge in [0.15, 0.2) is 10.3 Å². The van der Waals surface area contributed by atoms with E-state index in [1.54, 1.807) is 4.90 Å². The van der Waals surface area contributed by atoms with Crippen LogP contribution in [0.3, 0.4) is 0 Å². The molecule has 14 heavy (non-hydrogen) atoms. The van der Waals surface area contributed by atoms with Crippen LogP contribution in [0.2, 0.25) is 10.3 Å². The molecule has 0 aliphatic carbocycles. The van der Waals surface area contributed by atoms with Crippen molar-refractivity contribution in [2.75, 3.05) is 18.5 Å². The molecule has 0 N–H and O–H groups in total. The van der Waals surface area contributed by atoms with Crippen molar-refractivity contribution in [3.8, 4) is 6.07 Å². The number of anilines is 1. The summed E-state index contributed by atoms with van der Waals surface area (Å²) in [6.45, 7) is 2.68. The van der Waals surface area contributed by atoms with Crippen molar-refractivity contribution in [1.29, 1.82) is 5.26 Å². The van der Waals surface area contributed by atoms with Crippen molar-refractivity contribution < 1.29 is 0 Å². The van der Waals surface area contributed by atoms with Crippen molar-refractivity contribution in [3.05, 3.63) is 15.9 Å². The lowest BCUT2D eigenvalue weighted by Crippen LogP contribution is -2.19. The van der Waals surface area contributed by atoms with E-state index in [2.05, 4.69) is 9.97 Å². The van der Waals surface area contributed by atoms with Crippen LogP contribution in [0, 0.1) is 11.3 Å². The van der Waals surface area contributed by atoms with Crippen LogP contribution < -0.4 is 4.90 Å². The van der Waals surface area contributed by atoms with Crippen LogP contribution in [-0.2, 0) is 0 Å². The zero-order chi connectivity index (χ0) is 10.7. The summed E-state index contributed by atoms with van der Waals surface area (Å²) in [7, 11) is 1.81. The summed E-state index contributed by atoms with van der Waals surface area (Å²) in [5, 5.41) is 8.85. The zero-order valence-corrected chi connectivity index (χ0v) is 9.26. The van der Waals surface area contributed by atoms with Gasteiger partial charge in [0, 0.05) is 13.6 Å². The van der Waals surface area contributed by atoms with Crippen LogP contribution >= 0.6 is 23.2 Å². The molecule has 4 nitrogen and oxygen atoms in total. The van der Waals surface area contributed by atoms with E-state index in [1.807, 2.05) is 20.0 Å². The predicted octanol–water partition coefficient (Wildman–Crippen LogP) is 2.11. The lowest BCUT2D eigenvalue weighted by molar-refractivity contribution is 0.900. The Morgan fingerprint density at radius 1 is 1.36 bits per heavy atom. The molecule has 6 heteroatoms. The Morgan fingerprint density at radius 2 is 1.86 bits per heavy atom. The molecule has 1 rings (SSSR count). The van der Waals surface area contributed by atoms with E-state index in [0.717, 1.165) is 6.54 Å². The molecular weight excluding hydrogens is 223 g/mol. The predicted molar refractivity (Wildman–Crippen MR) is 55.7 cm³/mol. The first-order valence-corrected chi connectivity index (χ1v) is 4.70. The van der Waals surface area contributed by atoms with Gasteiger partial charge in [0.2, 0.25) is 5.95 Å². The SMILES string of the molecule is CCN(C)c1nc(Cl)c(C#N)c(Cl)n1. The van der Waals surface area contributed by atoms with Crippen molar-refractivity contribution >= 4 is 29.2 Å². The second-order valence-electron chi connectivity index (χ2n) is 2.61. The normalized spacial score (nSPS) is 9.64. The summed E-state index contributed by atoms with van der Waals surface area (Å²) in [5.74, 6) is 0.418. The molecule has 0 aliphatic rings. The van der Waals surface area contributed by atoms with Gasteiger partial charge in [-0.2, -0.15) is 15.2 Å². The number of aromatic nitrogens is 2.